The first kappa shape index (κ1) is 18.8. The number of ether oxygens (including phenoxy) is 1. The summed E-state index contributed by atoms with van der Waals surface area (Å²) >= 11 is 1.79. The Balaban J connectivity index is 1.55. The minimum atomic E-state index is 0.00914. The molecule has 0 amide bonds. The van der Waals surface area contributed by atoms with Crippen molar-refractivity contribution in [3.8, 4) is 11.1 Å². The van der Waals surface area contributed by atoms with Crippen LogP contribution < -0.4 is 5.43 Å². The molecular weight excluding hydrogens is 406 g/mol. The van der Waals surface area contributed by atoms with Gasteiger partial charge in [-0.05, 0) is 12.1 Å². The normalized spacial score (nSPS) is 15.2. The number of hydrogen-bond donors (Lipinski definition) is 0. The van der Waals surface area contributed by atoms with Crippen LogP contribution in [0, 0.1) is 0 Å². The lowest BCUT2D eigenvalue weighted by Crippen LogP contribution is -2.35. The number of para-hydroxylation sites is 1. The van der Waals surface area contributed by atoms with Gasteiger partial charge < -0.3 is 9.15 Å². The highest BCUT2D eigenvalue weighted by Gasteiger charge is 2.17. The molecule has 5 aromatic rings. The highest BCUT2D eigenvalue weighted by Crippen LogP contribution is 2.41. The van der Waals surface area contributed by atoms with Crippen LogP contribution in [0.5, 0.6) is 0 Å². The number of rotatable bonds is 3. The maximum Gasteiger partial charge on any atom is 0.193 e. The molecule has 5 heteroatoms. The maximum atomic E-state index is 12.9. The first-order valence-electron chi connectivity index (χ1n) is 10.5. The van der Waals surface area contributed by atoms with Crippen LogP contribution in [0.15, 0.2) is 75.9 Å². The lowest BCUT2D eigenvalue weighted by atomic mass is 10.0. The molecule has 1 aliphatic heterocycles. The van der Waals surface area contributed by atoms with Gasteiger partial charge >= 0.3 is 0 Å². The van der Waals surface area contributed by atoms with Gasteiger partial charge in [-0.3, -0.25) is 9.69 Å². The second-order valence-electron chi connectivity index (χ2n) is 7.93. The molecule has 0 N–H and O–H groups in total. The van der Waals surface area contributed by atoms with Crippen molar-refractivity contribution in [3.05, 3.63) is 82.7 Å². The van der Waals surface area contributed by atoms with E-state index in [4.69, 9.17) is 9.15 Å². The van der Waals surface area contributed by atoms with Crippen molar-refractivity contribution in [2.45, 2.75) is 6.54 Å². The Labute approximate surface area is 183 Å². The van der Waals surface area contributed by atoms with E-state index in [9.17, 15) is 4.79 Å². The molecule has 0 aliphatic carbocycles. The predicted molar refractivity (Wildman–Crippen MR) is 127 cm³/mol. The third kappa shape index (κ3) is 3.26. The minimum absolute atomic E-state index is 0.00914. The summed E-state index contributed by atoms with van der Waals surface area (Å²) in [6.45, 7) is 3.76. The van der Waals surface area contributed by atoms with E-state index in [1.54, 1.807) is 17.4 Å². The molecule has 3 aromatic carbocycles. The molecule has 0 atom stereocenters. The summed E-state index contributed by atoms with van der Waals surface area (Å²) in [5, 5.41) is 3.13. The summed E-state index contributed by atoms with van der Waals surface area (Å²) in [6, 6.07) is 22.4. The fourth-order valence-electron chi connectivity index (χ4n) is 4.45. The Hall–Kier alpha value is -2.99. The highest BCUT2D eigenvalue weighted by molar-refractivity contribution is 7.26. The lowest BCUT2D eigenvalue weighted by molar-refractivity contribution is 0.0314. The van der Waals surface area contributed by atoms with E-state index in [1.165, 1.54) is 20.2 Å². The van der Waals surface area contributed by atoms with E-state index in [0.717, 1.165) is 37.4 Å². The molecule has 0 unspecified atom stereocenters. The molecule has 2 aromatic heterocycles. The standard InChI is InChI=1S/C26H21NO3S/c28-23-15-17(16-27-11-13-29-14-12-27)30-25-19(6-3-9-22(23)25)21-8-4-7-20-18-5-1-2-10-24(18)31-26(20)21/h1-10,15H,11-14,16H2. The number of benzene rings is 3. The topological polar surface area (TPSA) is 42.7 Å². The molecular formula is C26H21NO3S. The molecule has 1 aliphatic rings. The third-order valence-corrected chi connectivity index (χ3v) is 7.20. The van der Waals surface area contributed by atoms with E-state index < -0.39 is 0 Å². The smallest absolute Gasteiger partial charge is 0.193 e. The van der Waals surface area contributed by atoms with Crippen LogP contribution in [0.25, 0.3) is 42.3 Å². The minimum Gasteiger partial charge on any atom is -0.459 e. The van der Waals surface area contributed by atoms with Gasteiger partial charge in [0.25, 0.3) is 0 Å². The van der Waals surface area contributed by atoms with Gasteiger partial charge in [-0.15, -0.1) is 11.3 Å². The van der Waals surface area contributed by atoms with Crippen molar-refractivity contribution in [1.29, 1.82) is 0 Å². The zero-order chi connectivity index (χ0) is 20.8. The van der Waals surface area contributed by atoms with Crippen LogP contribution in [0.4, 0.5) is 0 Å². The van der Waals surface area contributed by atoms with E-state index in [0.29, 0.717) is 23.3 Å². The third-order valence-electron chi connectivity index (χ3n) is 5.98. The number of fused-ring (bicyclic) bond motifs is 4. The predicted octanol–water partition coefficient (Wildman–Crippen LogP) is 5.66. The molecule has 31 heavy (non-hydrogen) atoms. The second kappa shape index (κ2) is 7.61. The van der Waals surface area contributed by atoms with Crippen molar-refractivity contribution in [2.24, 2.45) is 0 Å². The Morgan fingerprint density at radius 1 is 0.839 bits per heavy atom. The summed E-state index contributed by atoms with van der Waals surface area (Å²) in [5.41, 5.74) is 2.75. The monoisotopic (exact) mass is 427 g/mol. The summed E-state index contributed by atoms with van der Waals surface area (Å²) in [7, 11) is 0. The Morgan fingerprint density at radius 3 is 2.45 bits per heavy atom. The van der Waals surface area contributed by atoms with Gasteiger partial charge in [0, 0.05) is 50.5 Å². The van der Waals surface area contributed by atoms with Crippen LogP contribution in [0.3, 0.4) is 0 Å². The molecule has 0 saturated carbocycles. The number of nitrogens with zero attached hydrogens (tertiary/aromatic N) is 1. The molecule has 3 heterocycles. The maximum absolute atomic E-state index is 12.9. The van der Waals surface area contributed by atoms with Crippen molar-refractivity contribution in [1.82, 2.24) is 4.90 Å². The molecule has 0 spiro atoms. The average molecular weight is 428 g/mol. The second-order valence-corrected chi connectivity index (χ2v) is 8.98. The van der Waals surface area contributed by atoms with Crippen molar-refractivity contribution in [2.75, 3.05) is 26.3 Å². The van der Waals surface area contributed by atoms with Gasteiger partial charge in [0.15, 0.2) is 5.43 Å². The van der Waals surface area contributed by atoms with Crippen LogP contribution in [0.2, 0.25) is 0 Å². The average Bonchev–Trinajstić information content (AvgIpc) is 3.18. The van der Waals surface area contributed by atoms with Gasteiger partial charge in [-0.2, -0.15) is 0 Å². The summed E-state index contributed by atoms with van der Waals surface area (Å²) < 4.78 is 14.3. The Morgan fingerprint density at radius 2 is 1.58 bits per heavy atom. The molecule has 4 nitrogen and oxygen atoms in total. The van der Waals surface area contributed by atoms with Crippen molar-refractivity contribution < 1.29 is 9.15 Å². The molecule has 6 rings (SSSR count). The van der Waals surface area contributed by atoms with Gasteiger partial charge in [-0.25, -0.2) is 0 Å². The quantitative estimate of drug-likeness (QED) is 0.373. The van der Waals surface area contributed by atoms with E-state index in [-0.39, 0.29) is 5.43 Å². The van der Waals surface area contributed by atoms with Crippen LogP contribution in [-0.2, 0) is 11.3 Å². The lowest BCUT2D eigenvalue weighted by Gasteiger charge is -2.25. The highest BCUT2D eigenvalue weighted by atomic mass is 32.1. The van der Waals surface area contributed by atoms with Gasteiger partial charge in [0.2, 0.25) is 0 Å². The fraction of sp³-hybridized carbons (Fsp3) is 0.192. The van der Waals surface area contributed by atoms with E-state index in [1.807, 2.05) is 12.1 Å². The largest absolute Gasteiger partial charge is 0.459 e. The summed E-state index contributed by atoms with van der Waals surface area (Å²) in [5.74, 6) is 0.704. The first-order valence-corrected chi connectivity index (χ1v) is 11.4. The molecule has 154 valence electrons. The Kier molecular flexibility index (Phi) is 4.60. The zero-order valence-corrected chi connectivity index (χ0v) is 17.8. The van der Waals surface area contributed by atoms with Crippen LogP contribution >= 0.6 is 11.3 Å². The molecule has 0 bridgehead atoms. The molecule has 1 fully saturated rings. The van der Waals surface area contributed by atoms with Crippen molar-refractivity contribution in [3.63, 3.8) is 0 Å². The fourth-order valence-corrected chi connectivity index (χ4v) is 5.68. The van der Waals surface area contributed by atoms with Gasteiger partial charge in [0.05, 0.1) is 25.1 Å². The zero-order valence-electron chi connectivity index (χ0n) is 17.0. The molecule has 1 saturated heterocycles. The Bertz CT molecular complexity index is 1480. The summed E-state index contributed by atoms with van der Waals surface area (Å²) in [4.78, 5) is 15.2. The van der Waals surface area contributed by atoms with Gasteiger partial charge in [-0.1, -0.05) is 48.5 Å². The van der Waals surface area contributed by atoms with Crippen LogP contribution in [0.1, 0.15) is 5.76 Å². The van der Waals surface area contributed by atoms with Crippen LogP contribution in [-0.4, -0.2) is 31.2 Å². The summed E-state index contributed by atoms with van der Waals surface area (Å²) in [6.07, 6.45) is 0. The van der Waals surface area contributed by atoms with E-state index >= 15 is 0 Å². The first-order chi connectivity index (χ1) is 15.3. The van der Waals surface area contributed by atoms with E-state index in [2.05, 4.69) is 53.4 Å². The number of hydrogen-bond acceptors (Lipinski definition) is 5. The molecule has 0 radical (unpaired) electrons. The SMILES string of the molecule is O=c1cc(CN2CCOCC2)oc2c(-c3cccc4c3sc3ccccc34)cccc12. The van der Waals surface area contributed by atoms with Crippen molar-refractivity contribution >= 4 is 42.5 Å². The van der Waals surface area contributed by atoms with Gasteiger partial charge in [0.1, 0.15) is 11.3 Å². The number of morpholine rings is 1. The number of thiophene rings is 1.